The molecule has 124 valence electrons. The minimum Gasteiger partial charge on any atom is -0.327 e. The van der Waals surface area contributed by atoms with E-state index in [1.807, 2.05) is 0 Å². The molecule has 0 aliphatic carbocycles. The first-order valence-electron chi connectivity index (χ1n) is 7.67. The van der Waals surface area contributed by atoms with Crippen molar-refractivity contribution in [3.05, 3.63) is 64.9 Å². The second-order valence-electron chi connectivity index (χ2n) is 5.66. The van der Waals surface area contributed by atoms with Crippen molar-refractivity contribution in [3.63, 3.8) is 0 Å². The van der Waals surface area contributed by atoms with E-state index in [0.29, 0.717) is 29.2 Å². The highest BCUT2D eigenvalue weighted by Gasteiger charge is 2.34. The molecular formula is C18H16ClFN2O2. The van der Waals surface area contributed by atoms with Gasteiger partial charge in [-0.3, -0.25) is 9.59 Å². The van der Waals surface area contributed by atoms with Crippen LogP contribution in [0.25, 0.3) is 0 Å². The largest absolute Gasteiger partial charge is 0.327 e. The highest BCUT2D eigenvalue weighted by Crippen LogP contribution is 2.22. The molecule has 24 heavy (non-hydrogen) atoms. The van der Waals surface area contributed by atoms with E-state index in [9.17, 15) is 14.0 Å². The van der Waals surface area contributed by atoms with Gasteiger partial charge in [0.15, 0.2) is 0 Å². The van der Waals surface area contributed by atoms with Crippen LogP contribution in [0.1, 0.15) is 23.2 Å². The van der Waals surface area contributed by atoms with Crippen LogP contribution >= 0.6 is 11.6 Å². The van der Waals surface area contributed by atoms with Gasteiger partial charge in [0.05, 0.1) is 0 Å². The summed E-state index contributed by atoms with van der Waals surface area (Å²) < 4.78 is 13.2. The van der Waals surface area contributed by atoms with Crippen molar-refractivity contribution < 1.29 is 14.0 Å². The van der Waals surface area contributed by atoms with Crippen LogP contribution in [0.5, 0.6) is 0 Å². The number of hydrogen-bond donors (Lipinski definition) is 1. The van der Waals surface area contributed by atoms with Crippen LogP contribution in [0.4, 0.5) is 10.1 Å². The molecular weight excluding hydrogens is 331 g/mol. The van der Waals surface area contributed by atoms with Crippen LogP contribution in [0.2, 0.25) is 5.02 Å². The molecule has 0 spiro atoms. The van der Waals surface area contributed by atoms with Crippen molar-refractivity contribution in [2.45, 2.75) is 18.9 Å². The first-order valence-corrected chi connectivity index (χ1v) is 8.05. The van der Waals surface area contributed by atoms with Gasteiger partial charge in [-0.1, -0.05) is 17.7 Å². The highest BCUT2D eigenvalue weighted by molar-refractivity contribution is 6.30. The molecule has 0 saturated carbocycles. The van der Waals surface area contributed by atoms with E-state index in [0.717, 1.165) is 6.42 Å². The number of hydrogen-bond acceptors (Lipinski definition) is 2. The summed E-state index contributed by atoms with van der Waals surface area (Å²) in [5, 5.41) is 3.23. The molecule has 1 heterocycles. The van der Waals surface area contributed by atoms with E-state index >= 15 is 0 Å². The molecule has 2 aromatic rings. The summed E-state index contributed by atoms with van der Waals surface area (Å²) in [6.07, 6.45) is 1.33. The molecule has 0 radical (unpaired) electrons. The molecule has 1 atom stereocenters. The molecule has 2 amide bonds. The zero-order chi connectivity index (χ0) is 17.1. The summed E-state index contributed by atoms with van der Waals surface area (Å²) in [7, 11) is 0. The number of likely N-dealkylation sites (tertiary alicyclic amines) is 1. The zero-order valence-corrected chi connectivity index (χ0v) is 13.6. The fourth-order valence-electron chi connectivity index (χ4n) is 2.83. The number of carbonyl (C=O) groups is 2. The van der Waals surface area contributed by atoms with E-state index in [1.54, 1.807) is 35.2 Å². The molecule has 0 unspecified atom stereocenters. The predicted molar refractivity (Wildman–Crippen MR) is 90.5 cm³/mol. The maximum Gasteiger partial charge on any atom is 0.254 e. The molecule has 6 heteroatoms. The molecule has 1 aliphatic rings. The van der Waals surface area contributed by atoms with Gasteiger partial charge in [-0.2, -0.15) is 0 Å². The Morgan fingerprint density at radius 2 is 1.92 bits per heavy atom. The van der Waals surface area contributed by atoms with E-state index in [4.69, 9.17) is 11.6 Å². The molecule has 0 bridgehead atoms. The van der Waals surface area contributed by atoms with E-state index < -0.39 is 11.9 Å². The van der Waals surface area contributed by atoms with Crippen LogP contribution in [0, 0.1) is 5.82 Å². The van der Waals surface area contributed by atoms with Crippen molar-refractivity contribution in [1.82, 2.24) is 4.90 Å². The first kappa shape index (κ1) is 16.5. The summed E-state index contributed by atoms with van der Waals surface area (Å²) in [4.78, 5) is 26.7. The van der Waals surface area contributed by atoms with Crippen LogP contribution in [0.15, 0.2) is 48.5 Å². The van der Waals surface area contributed by atoms with Crippen molar-refractivity contribution in [1.29, 1.82) is 0 Å². The molecule has 1 fully saturated rings. The first-order chi connectivity index (χ1) is 11.5. The Hall–Kier alpha value is -2.40. The lowest BCUT2D eigenvalue weighted by molar-refractivity contribution is -0.119. The summed E-state index contributed by atoms with van der Waals surface area (Å²) in [5.74, 6) is -0.933. The van der Waals surface area contributed by atoms with Crippen molar-refractivity contribution >= 4 is 29.1 Å². The van der Waals surface area contributed by atoms with Crippen molar-refractivity contribution in [2.75, 3.05) is 11.9 Å². The van der Waals surface area contributed by atoms with Gasteiger partial charge in [0.1, 0.15) is 11.9 Å². The third-order valence-electron chi connectivity index (χ3n) is 4.00. The fraction of sp³-hybridized carbons (Fsp3) is 0.222. The van der Waals surface area contributed by atoms with Gasteiger partial charge in [-0.25, -0.2) is 4.39 Å². The number of halogens is 2. The Bertz CT molecular complexity index is 764. The second kappa shape index (κ2) is 7.01. The Kier molecular flexibility index (Phi) is 4.81. The van der Waals surface area contributed by atoms with E-state index in [1.165, 1.54) is 18.2 Å². The van der Waals surface area contributed by atoms with Gasteiger partial charge in [0.2, 0.25) is 5.91 Å². The Labute approximate surface area is 144 Å². The predicted octanol–water partition coefficient (Wildman–Crippen LogP) is 3.72. The summed E-state index contributed by atoms with van der Waals surface area (Å²) >= 11 is 5.84. The molecule has 2 aromatic carbocycles. The van der Waals surface area contributed by atoms with Crippen molar-refractivity contribution in [3.8, 4) is 0 Å². The number of nitrogens with one attached hydrogen (secondary N) is 1. The number of benzene rings is 2. The third-order valence-corrected chi connectivity index (χ3v) is 4.25. The van der Waals surface area contributed by atoms with Gasteiger partial charge >= 0.3 is 0 Å². The number of amides is 2. The molecule has 3 rings (SSSR count). The molecule has 1 N–H and O–H groups in total. The number of anilines is 1. The lowest BCUT2D eigenvalue weighted by Crippen LogP contribution is -2.43. The number of nitrogens with zero attached hydrogens (tertiary/aromatic N) is 1. The monoisotopic (exact) mass is 346 g/mol. The fourth-order valence-corrected chi connectivity index (χ4v) is 2.96. The minimum absolute atomic E-state index is 0.205. The molecule has 0 aromatic heterocycles. The van der Waals surface area contributed by atoms with E-state index in [2.05, 4.69) is 5.32 Å². The van der Waals surface area contributed by atoms with Crippen LogP contribution in [-0.2, 0) is 4.79 Å². The van der Waals surface area contributed by atoms with Gasteiger partial charge in [-0.15, -0.1) is 0 Å². The SMILES string of the molecule is O=C(Nc1cccc(F)c1)[C@H]1CCCN1C(=O)c1ccc(Cl)cc1. The second-order valence-corrected chi connectivity index (χ2v) is 6.10. The van der Waals surface area contributed by atoms with Crippen molar-refractivity contribution in [2.24, 2.45) is 0 Å². The van der Waals surface area contributed by atoms with Gasteiger partial charge < -0.3 is 10.2 Å². The minimum atomic E-state index is -0.559. The lowest BCUT2D eigenvalue weighted by Gasteiger charge is -2.24. The summed E-state index contributed by atoms with van der Waals surface area (Å²) in [5.41, 5.74) is 0.871. The Morgan fingerprint density at radius 3 is 2.62 bits per heavy atom. The zero-order valence-electron chi connectivity index (χ0n) is 12.8. The Morgan fingerprint density at radius 1 is 1.17 bits per heavy atom. The van der Waals surface area contributed by atoms with Gasteiger partial charge in [-0.05, 0) is 55.3 Å². The standard InChI is InChI=1S/C18H16ClFN2O2/c19-13-8-6-12(7-9-13)18(24)22-10-2-5-16(22)17(23)21-15-4-1-3-14(20)11-15/h1,3-4,6-9,11,16H,2,5,10H2,(H,21,23)/t16-/m1/s1. The number of rotatable bonds is 3. The summed E-state index contributed by atoms with van der Waals surface area (Å²) in [6.45, 7) is 0.517. The van der Waals surface area contributed by atoms with Crippen LogP contribution in [0.3, 0.4) is 0 Å². The third kappa shape index (κ3) is 3.57. The average Bonchev–Trinajstić information content (AvgIpc) is 3.04. The van der Waals surface area contributed by atoms with Gasteiger partial charge in [0, 0.05) is 22.8 Å². The highest BCUT2D eigenvalue weighted by atomic mass is 35.5. The molecule has 1 saturated heterocycles. The summed E-state index contributed by atoms with van der Waals surface area (Å²) in [6, 6.07) is 11.7. The van der Waals surface area contributed by atoms with Crippen LogP contribution < -0.4 is 5.32 Å². The van der Waals surface area contributed by atoms with Gasteiger partial charge in [0.25, 0.3) is 5.91 Å². The topological polar surface area (TPSA) is 49.4 Å². The Balaban J connectivity index is 1.73. The van der Waals surface area contributed by atoms with Crippen LogP contribution in [-0.4, -0.2) is 29.3 Å². The quantitative estimate of drug-likeness (QED) is 0.920. The molecule has 1 aliphatic heterocycles. The maximum absolute atomic E-state index is 13.2. The average molecular weight is 347 g/mol. The number of carbonyl (C=O) groups excluding carboxylic acids is 2. The molecule has 4 nitrogen and oxygen atoms in total. The lowest BCUT2D eigenvalue weighted by atomic mass is 10.1. The van der Waals surface area contributed by atoms with E-state index in [-0.39, 0.29) is 11.8 Å². The smallest absolute Gasteiger partial charge is 0.254 e. The maximum atomic E-state index is 13.2. The normalized spacial score (nSPS) is 16.9.